The predicted molar refractivity (Wildman–Crippen MR) is 175 cm³/mol. The van der Waals surface area contributed by atoms with Crippen LogP contribution in [-0.2, 0) is 24.6 Å². The number of nitriles is 1. The quantitative estimate of drug-likeness (QED) is 0.165. The molecule has 2 aromatic heterocycles. The zero-order valence-electron chi connectivity index (χ0n) is 24.9. The third-order valence-corrected chi connectivity index (χ3v) is 9.62. The highest BCUT2D eigenvalue weighted by Crippen LogP contribution is 2.38. The number of aliphatic carboxylic acids is 1. The number of fused-ring (bicyclic) bond motifs is 1. The molecule has 1 N–H and O–H groups in total. The highest BCUT2D eigenvalue weighted by atomic mass is 35.5. The molecule has 8 nitrogen and oxygen atoms in total. The normalized spacial score (nSPS) is 16.5. The minimum atomic E-state index is -0.976. The molecule has 5 aromatic rings. The zero-order valence-corrected chi connectivity index (χ0v) is 26.5. The Morgan fingerprint density at radius 3 is 2.78 bits per heavy atom. The SMILES string of the molecule is Cc1c(COc2cc(OCc3cncc(C#N)c3)c(CN3CCCC3(C)C(=O)O)cc2Cl)cccc1-c1ccc2scnc2c1. The van der Waals surface area contributed by atoms with Gasteiger partial charge in [-0.05, 0) is 79.8 Å². The van der Waals surface area contributed by atoms with Crippen molar-refractivity contribution >= 4 is 39.1 Å². The number of rotatable bonds is 10. The van der Waals surface area contributed by atoms with E-state index in [0.29, 0.717) is 41.6 Å². The number of nitrogens with zero attached hydrogens (tertiary/aromatic N) is 4. The summed E-state index contributed by atoms with van der Waals surface area (Å²) < 4.78 is 13.7. The minimum absolute atomic E-state index is 0.164. The molecule has 1 atom stereocenters. The maximum Gasteiger partial charge on any atom is 0.323 e. The second-order valence-corrected chi connectivity index (χ2v) is 12.7. The summed E-state index contributed by atoms with van der Waals surface area (Å²) in [6.07, 6.45) is 4.50. The van der Waals surface area contributed by atoms with Gasteiger partial charge >= 0.3 is 5.97 Å². The predicted octanol–water partition coefficient (Wildman–Crippen LogP) is 7.79. The van der Waals surface area contributed by atoms with Crippen LogP contribution in [0.15, 0.2) is 72.5 Å². The molecule has 0 aliphatic carbocycles. The summed E-state index contributed by atoms with van der Waals surface area (Å²) in [7, 11) is 0. The van der Waals surface area contributed by atoms with E-state index in [0.717, 1.165) is 50.0 Å². The van der Waals surface area contributed by atoms with Gasteiger partial charge in [-0.25, -0.2) is 4.98 Å². The van der Waals surface area contributed by atoms with E-state index in [-0.39, 0.29) is 13.2 Å². The molecule has 0 saturated carbocycles. The minimum Gasteiger partial charge on any atom is -0.488 e. The molecule has 45 heavy (non-hydrogen) atoms. The first-order valence-corrected chi connectivity index (χ1v) is 15.8. The number of likely N-dealkylation sites (tertiary alicyclic amines) is 1. The zero-order chi connectivity index (χ0) is 31.6. The number of carbonyl (C=O) groups is 1. The summed E-state index contributed by atoms with van der Waals surface area (Å²) in [5.41, 5.74) is 8.10. The number of aromatic nitrogens is 2. The lowest BCUT2D eigenvalue weighted by atomic mass is 9.96. The Labute approximate surface area is 270 Å². The van der Waals surface area contributed by atoms with E-state index in [1.54, 1.807) is 42.7 Å². The van der Waals surface area contributed by atoms with Gasteiger partial charge in [0.05, 0.1) is 26.3 Å². The second-order valence-electron chi connectivity index (χ2n) is 11.4. The van der Waals surface area contributed by atoms with Gasteiger partial charge in [0.1, 0.15) is 36.3 Å². The average molecular weight is 639 g/mol. The molecule has 0 spiro atoms. The van der Waals surface area contributed by atoms with Crippen molar-refractivity contribution in [3.05, 3.63) is 105 Å². The molecule has 6 rings (SSSR count). The molecule has 1 unspecified atom stereocenters. The standard InChI is InChI=1S/C35H31ClN4O4S/c1-22-26(5-3-6-28(22)25-7-8-33-30(13-25)39-21-45-33)20-44-32-14-31(43-19-24-11-23(15-37)16-38-17-24)27(12-29(32)36)18-40-10-4-9-35(40,2)34(41)42/h3,5-8,11-14,16-17,21H,4,9-10,18-20H2,1-2H3,(H,41,42). The van der Waals surface area contributed by atoms with Gasteiger partial charge in [0, 0.05) is 36.1 Å². The van der Waals surface area contributed by atoms with Gasteiger partial charge in [-0.1, -0.05) is 35.9 Å². The Bertz CT molecular complexity index is 1940. The number of ether oxygens (including phenoxy) is 2. The van der Waals surface area contributed by atoms with Crippen LogP contribution in [0.1, 0.15) is 47.6 Å². The number of carboxylic acids is 1. The molecule has 1 aliphatic rings. The fraction of sp³-hybridized carbons (Fsp3) is 0.257. The van der Waals surface area contributed by atoms with Crippen molar-refractivity contribution in [2.24, 2.45) is 0 Å². The first-order chi connectivity index (χ1) is 21.7. The lowest BCUT2D eigenvalue weighted by Crippen LogP contribution is -2.47. The highest BCUT2D eigenvalue weighted by Gasteiger charge is 2.43. The van der Waals surface area contributed by atoms with Crippen LogP contribution >= 0.6 is 22.9 Å². The van der Waals surface area contributed by atoms with E-state index >= 15 is 0 Å². The topological polar surface area (TPSA) is 109 Å². The van der Waals surface area contributed by atoms with Crippen LogP contribution in [0.5, 0.6) is 11.5 Å². The Morgan fingerprint density at radius 2 is 1.96 bits per heavy atom. The van der Waals surface area contributed by atoms with E-state index in [9.17, 15) is 15.2 Å². The van der Waals surface area contributed by atoms with Crippen LogP contribution in [0, 0.1) is 18.3 Å². The van der Waals surface area contributed by atoms with Crippen molar-refractivity contribution in [1.29, 1.82) is 5.26 Å². The number of hydrogen-bond acceptors (Lipinski definition) is 8. The molecule has 1 saturated heterocycles. The third kappa shape index (κ3) is 6.36. The van der Waals surface area contributed by atoms with Gasteiger partial charge in [-0.2, -0.15) is 5.26 Å². The van der Waals surface area contributed by atoms with Gasteiger partial charge in [-0.15, -0.1) is 11.3 Å². The number of thiazole rings is 1. The van der Waals surface area contributed by atoms with Gasteiger partial charge in [0.25, 0.3) is 0 Å². The summed E-state index contributed by atoms with van der Waals surface area (Å²) in [5, 5.41) is 19.7. The number of halogens is 1. The van der Waals surface area contributed by atoms with Crippen LogP contribution < -0.4 is 9.47 Å². The van der Waals surface area contributed by atoms with E-state index in [1.807, 2.05) is 22.5 Å². The number of pyridine rings is 1. The number of hydrogen-bond donors (Lipinski definition) is 1. The molecule has 10 heteroatoms. The first-order valence-electron chi connectivity index (χ1n) is 14.6. The highest BCUT2D eigenvalue weighted by molar-refractivity contribution is 7.16. The van der Waals surface area contributed by atoms with Crippen LogP contribution in [0.4, 0.5) is 0 Å². The van der Waals surface area contributed by atoms with Gasteiger partial charge < -0.3 is 14.6 Å². The van der Waals surface area contributed by atoms with Gasteiger partial charge in [0.2, 0.25) is 0 Å². The van der Waals surface area contributed by atoms with Crippen molar-refractivity contribution < 1.29 is 19.4 Å². The van der Waals surface area contributed by atoms with E-state index in [4.69, 9.17) is 21.1 Å². The van der Waals surface area contributed by atoms with E-state index < -0.39 is 11.5 Å². The molecule has 0 amide bonds. The van der Waals surface area contributed by atoms with Crippen LogP contribution in [0.2, 0.25) is 5.02 Å². The Kier molecular flexibility index (Phi) is 8.72. The summed E-state index contributed by atoms with van der Waals surface area (Å²) in [6.45, 7) is 5.28. The Balaban J connectivity index is 1.27. The molecule has 0 radical (unpaired) electrons. The lowest BCUT2D eigenvalue weighted by Gasteiger charge is -2.31. The Morgan fingerprint density at radius 1 is 1.11 bits per heavy atom. The molecule has 3 aromatic carbocycles. The maximum atomic E-state index is 12.2. The monoisotopic (exact) mass is 638 g/mol. The van der Waals surface area contributed by atoms with Crippen molar-refractivity contribution in [3.8, 4) is 28.7 Å². The summed E-state index contributed by atoms with van der Waals surface area (Å²) in [6, 6.07) is 19.9. The Hall–Kier alpha value is -4.49. The molecule has 1 aliphatic heterocycles. The number of carboxylic acid groups (broad SMARTS) is 1. The lowest BCUT2D eigenvalue weighted by molar-refractivity contribution is -0.148. The molecular weight excluding hydrogens is 608 g/mol. The maximum absolute atomic E-state index is 12.2. The van der Waals surface area contributed by atoms with Crippen molar-refractivity contribution in [1.82, 2.24) is 14.9 Å². The van der Waals surface area contributed by atoms with Gasteiger partial charge in [-0.3, -0.25) is 14.7 Å². The van der Waals surface area contributed by atoms with Crippen LogP contribution in [0.25, 0.3) is 21.3 Å². The summed E-state index contributed by atoms with van der Waals surface area (Å²) >= 11 is 8.41. The van der Waals surface area contributed by atoms with E-state index in [1.165, 1.54) is 6.20 Å². The molecule has 0 bridgehead atoms. The largest absolute Gasteiger partial charge is 0.488 e. The number of benzene rings is 3. The smallest absolute Gasteiger partial charge is 0.323 e. The van der Waals surface area contributed by atoms with Crippen molar-refractivity contribution in [3.63, 3.8) is 0 Å². The third-order valence-electron chi connectivity index (χ3n) is 8.52. The summed E-state index contributed by atoms with van der Waals surface area (Å²) in [5.74, 6) is 0.130. The molecule has 228 valence electrons. The molecular formula is C35H31ClN4O4S. The summed E-state index contributed by atoms with van der Waals surface area (Å²) in [4.78, 5) is 22.7. The molecule has 3 heterocycles. The van der Waals surface area contributed by atoms with Gasteiger partial charge in [0.15, 0.2) is 0 Å². The van der Waals surface area contributed by atoms with Crippen molar-refractivity contribution in [2.75, 3.05) is 6.54 Å². The average Bonchev–Trinajstić information content (AvgIpc) is 3.67. The second kappa shape index (κ2) is 12.9. The van der Waals surface area contributed by atoms with Crippen LogP contribution in [0.3, 0.4) is 0 Å². The van der Waals surface area contributed by atoms with Crippen LogP contribution in [-0.4, -0.2) is 38.0 Å². The fourth-order valence-corrected chi connectivity index (χ4v) is 6.69. The van der Waals surface area contributed by atoms with Crippen molar-refractivity contribution in [2.45, 2.75) is 52.0 Å². The molecule has 1 fully saturated rings. The first kappa shape index (κ1) is 30.5. The fourth-order valence-electron chi connectivity index (χ4n) is 5.79. The van der Waals surface area contributed by atoms with E-state index in [2.05, 4.69) is 47.2 Å².